The third kappa shape index (κ3) is 3.76. The minimum Gasteiger partial charge on any atom is -0.351 e. The number of carbonyl (C=O) groups is 1. The Morgan fingerprint density at radius 2 is 1.96 bits per heavy atom. The van der Waals surface area contributed by atoms with E-state index in [-0.39, 0.29) is 5.91 Å². The number of rotatable bonds is 5. The highest BCUT2D eigenvalue weighted by molar-refractivity contribution is 9.11. The average molecular weight is 470 g/mol. The molecule has 0 spiro atoms. The minimum absolute atomic E-state index is 0.0175. The number of hydrogen-bond donors (Lipinski definition) is 1. The van der Waals surface area contributed by atoms with Crippen LogP contribution in [0.2, 0.25) is 0 Å². The zero-order chi connectivity index (χ0) is 17.3. The Balaban J connectivity index is 1.99. The van der Waals surface area contributed by atoms with Crippen molar-refractivity contribution >= 4 is 59.3 Å². The number of benzene rings is 1. The van der Waals surface area contributed by atoms with E-state index in [1.807, 2.05) is 18.2 Å². The van der Waals surface area contributed by atoms with E-state index in [4.69, 9.17) is 0 Å². The molecule has 3 aromatic rings. The fourth-order valence-electron chi connectivity index (χ4n) is 2.54. The van der Waals surface area contributed by atoms with Crippen LogP contribution in [0.25, 0.3) is 10.2 Å². The molecular formula is C18H18Br2N2OS. The number of amides is 1. The maximum Gasteiger partial charge on any atom is 0.267 e. The van der Waals surface area contributed by atoms with Crippen LogP contribution in [0.15, 0.2) is 44.7 Å². The predicted molar refractivity (Wildman–Crippen MR) is 108 cm³/mol. The quantitative estimate of drug-likeness (QED) is 0.513. The maximum atomic E-state index is 12.6. The highest BCUT2D eigenvalue weighted by Crippen LogP contribution is 2.34. The van der Waals surface area contributed by atoms with Crippen LogP contribution in [-0.4, -0.2) is 17.0 Å². The van der Waals surface area contributed by atoms with E-state index in [1.54, 1.807) is 11.3 Å². The van der Waals surface area contributed by atoms with Gasteiger partial charge in [-0.25, -0.2) is 0 Å². The van der Waals surface area contributed by atoms with Gasteiger partial charge in [0.1, 0.15) is 5.69 Å². The molecule has 1 amide bonds. The van der Waals surface area contributed by atoms with Crippen LogP contribution in [0.3, 0.4) is 0 Å². The first-order chi connectivity index (χ1) is 11.5. The summed E-state index contributed by atoms with van der Waals surface area (Å²) >= 11 is 8.73. The molecule has 6 heteroatoms. The summed E-state index contributed by atoms with van der Waals surface area (Å²) in [5, 5.41) is 5.09. The van der Waals surface area contributed by atoms with Gasteiger partial charge in [0, 0.05) is 22.9 Å². The summed E-state index contributed by atoms with van der Waals surface area (Å²) in [6.45, 7) is 5.53. The van der Waals surface area contributed by atoms with E-state index in [1.165, 1.54) is 0 Å². The number of nitrogens with one attached hydrogen (secondary N) is 1. The smallest absolute Gasteiger partial charge is 0.267 e. The van der Waals surface area contributed by atoms with Gasteiger partial charge in [0.25, 0.3) is 5.91 Å². The van der Waals surface area contributed by atoms with Gasteiger partial charge in [0.2, 0.25) is 0 Å². The van der Waals surface area contributed by atoms with Crippen molar-refractivity contribution in [1.29, 1.82) is 0 Å². The zero-order valence-corrected chi connectivity index (χ0v) is 17.5. The van der Waals surface area contributed by atoms with Gasteiger partial charge >= 0.3 is 0 Å². The van der Waals surface area contributed by atoms with Gasteiger partial charge in [-0.15, -0.1) is 11.3 Å². The Hall–Kier alpha value is -1.11. The number of nitrogens with zero attached hydrogens (tertiary/aromatic N) is 1. The van der Waals surface area contributed by atoms with Crippen molar-refractivity contribution in [3.05, 3.63) is 55.9 Å². The van der Waals surface area contributed by atoms with E-state index in [0.717, 1.165) is 24.7 Å². The Morgan fingerprint density at radius 3 is 2.62 bits per heavy atom. The van der Waals surface area contributed by atoms with Crippen LogP contribution >= 0.6 is 43.2 Å². The van der Waals surface area contributed by atoms with Gasteiger partial charge in [-0.05, 0) is 45.6 Å². The van der Waals surface area contributed by atoms with Gasteiger partial charge in [0.05, 0.1) is 14.7 Å². The second-order valence-electron chi connectivity index (χ2n) is 6.14. The Bertz CT molecular complexity index is 865. The fraction of sp³-hybridized carbons (Fsp3) is 0.278. The predicted octanol–water partition coefficient (Wildman–Crippen LogP) is 5.66. The third-order valence-corrected chi connectivity index (χ3v) is 6.09. The summed E-state index contributed by atoms with van der Waals surface area (Å²) in [6, 6.07) is 10.2. The number of aromatic nitrogens is 1. The van der Waals surface area contributed by atoms with Gasteiger partial charge < -0.3 is 9.88 Å². The molecule has 3 nitrogen and oxygen atoms in total. The normalized spacial score (nSPS) is 11.4. The molecule has 3 rings (SSSR count). The first-order valence-electron chi connectivity index (χ1n) is 7.74. The van der Waals surface area contributed by atoms with Crippen molar-refractivity contribution < 1.29 is 4.79 Å². The van der Waals surface area contributed by atoms with Crippen LogP contribution in [0.5, 0.6) is 0 Å². The van der Waals surface area contributed by atoms with Gasteiger partial charge in [-0.2, -0.15) is 0 Å². The van der Waals surface area contributed by atoms with Crippen molar-refractivity contribution in [3.63, 3.8) is 0 Å². The Kier molecular flexibility index (Phi) is 5.47. The molecule has 1 N–H and O–H groups in total. The van der Waals surface area contributed by atoms with E-state index < -0.39 is 0 Å². The molecule has 0 saturated carbocycles. The van der Waals surface area contributed by atoms with Crippen LogP contribution in [0.1, 0.15) is 29.9 Å². The third-order valence-electron chi connectivity index (χ3n) is 3.73. The second-order valence-corrected chi connectivity index (χ2v) is 8.82. The molecule has 0 radical (unpaired) electrons. The minimum atomic E-state index is -0.0175. The summed E-state index contributed by atoms with van der Waals surface area (Å²) in [6.07, 6.45) is 0. The number of halogens is 2. The summed E-state index contributed by atoms with van der Waals surface area (Å²) in [7, 11) is 0. The largest absolute Gasteiger partial charge is 0.351 e. The summed E-state index contributed by atoms with van der Waals surface area (Å²) < 4.78 is 5.29. The van der Waals surface area contributed by atoms with Crippen LogP contribution < -0.4 is 5.32 Å². The van der Waals surface area contributed by atoms with E-state index in [9.17, 15) is 4.79 Å². The van der Waals surface area contributed by atoms with Crippen LogP contribution in [-0.2, 0) is 6.54 Å². The molecule has 0 atom stereocenters. The first-order valence-corrected chi connectivity index (χ1v) is 10.2. The lowest BCUT2D eigenvalue weighted by molar-refractivity contribution is 0.0940. The molecule has 0 bridgehead atoms. The van der Waals surface area contributed by atoms with E-state index in [0.29, 0.717) is 24.7 Å². The van der Waals surface area contributed by atoms with Crippen molar-refractivity contribution in [2.75, 3.05) is 6.54 Å². The van der Waals surface area contributed by atoms with Crippen molar-refractivity contribution in [3.8, 4) is 0 Å². The molecule has 1 aromatic carbocycles. The number of carbonyl (C=O) groups excluding carboxylic acids is 1. The van der Waals surface area contributed by atoms with Gasteiger partial charge in [-0.3, -0.25) is 4.79 Å². The highest BCUT2D eigenvalue weighted by Gasteiger charge is 2.19. The molecule has 0 aliphatic heterocycles. The summed E-state index contributed by atoms with van der Waals surface area (Å²) in [5.74, 6) is 0.410. The number of fused-ring (bicyclic) bond motifs is 1. The molecule has 0 saturated heterocycles. The Labute approximate surface area is 162 Å². The molecule has 2 aromatic heterocycles. The second kappa shape index (κ2) is 7.42. The topological polar surface area (TPSA) is 34.0 Å². The van der Waals surface area contributed by atoms with E-state index in [2.05, 4.69) is 73.1 Å². The number of hydrogen-bond acceptors (Lipinski definition) is 2. The SMILES string of the molecule is CC(C)CNC(=O)c1cc2scc(Br)c2n1Cc1ccc(Br)cc1. The number of thiophene rings is 1. The molecule has 0 aliphatic carbocycles. The first kappa shape index (κ1) is 17.7. The van der Waals surface area contributed by atoms with Crippen molar-refractivity contribution in [2.45, 2.75) is 20.4 Å². The lowest BCUT2D eigenvalue weighted by Gasteiger charge is -2.12. The summed E-state index contributed by atoms with van der Waals surface area (Å²) in [5.41, 5.74) is 2.95. The molecule has 0 unspecified atom stereocenters. The van der Waals surface area contributed by atoms with Crippen molar-refractivity contribution in [1.82, 2.24) is 9.88 Å². The molecular weight excluding hydrogens is 452 g/mol. The van der Waals surface area contributed by atoms with E-state index >= 15 is 0 Å². The van der Waals surface area contributed by atoms with Crippen molar-refractivity contribution in [2.24, 2.45) is 5.92 Å². The van der Waals surface area contributed by atoms with Crippen LogP contribution in [0, 0.1) is 5.92 Å². The molecule has 0 fully saturated rings. The average Bonchev–Trinajstić information content (AvgIpc) is 3.08. The lowest BCUT2D eigenvalue weighted by atomic mass is 10.2. The monoisotopic (exact) mass is 468 g/mol. The molecule has 24 heavy (non-hydrogen) atoms. The van der Waals surface area contributed by atoms with Crippen LogP contribution in [0.4, 0.5) is 0 Å². The Morgan fingerprint density at radius 1 is 1.25 bits per heavy atom. The van der Waals surface area contributed by atoms with Gasteiger partial charge in [-0.1, -0.05) is 41.9 Å². The fourth-order valence-corrected chi connectivity index (χ4v) is 4.50. The lowest BCUT2D eigenvalue weighted by Crippen LogP contribution is -2.29. The maximum absolute atomic E-state index is 12.6. The molecule has 126 valence electrons. The highest BCUT2D eigenvalue weighted by atomic mass is 79.9. The molecule has 0 aliphatic rings. The zero-order valence-electron chi connectivity index (χ0n) is 13.5. The summed E-state index contributed by atoms with van der Waals surface area (Å²) in [4.78, 5) is 12.6. The van der Waals surface area contributed by atoms with Gasteiger partial charge in [0.15, 0.2) is 0 Å². The standard InChI is InChI=1S/C18H18Br2N2OS/c1-11(2)8-21-18(23)15-7-16-17(14(20)10-24-16)22(15)9-12-3-5-13(19)6-4-12/h3-7,10-11H,8-9H2,1-2H3,(H,21,23). The molecule has 2 heterocycles.